The molecule has 0 saturated heterocycles. The number of ether oxygens (including phenoxy) is 1. The lowest BCUT2D eigenvalue weighted by Gasteiger charge is -2.30. The summed E-state index contributed by atoms with van der Waals surface area (Å²) in [6.07, 6.45) is 0. The van der Waals surface area contributed by atoms with Crippen molar-refractivity contribution in [2.75, 3.05) is 14.2 Å². The van der Waals surface area contributed by atoms with Gasteiger partial charge in [-0.3, -0.25) is 4.79 Å². The number of hydrogen-bond donors (Lipinski definition) is 1. The van der Waals surface area contributed by atoms with Gasteiger partial charge < -0.3 is 15.4 Å². The van der Waals surface area contributed by atoms with Gasteiger partial charge in [-0.05, 0) is 18.9 Å². The second-order valence-electron chi connectivity index (χ2n) is 5.14. The van der Waals surface area contributed by atoms with Crippen molar-refractivity contribution in [1.82, 2.24) is 4.90 Å². The van der Waals surface area contributed by atoms with E-state index in [1.54, 1.807) is 19.1 Å². The first kappa shape index (κ1) is 15.5. The fraction of sp³-hybridized carbons (Fsp3) is 0.533. The summed E-state index contributed by atoms with van der Waals surface area (Å²) in [4.78, 5) is 13.9. The van der Waals surface area contributed by atoms with Gasteiger partial charge in [0.2, 0.25) is 5.91 Å². The number of rotatable bonds is 5. The van der Waals surface area contributed by atoms with Crippen molar-refractivity contribution >= 4 is 5.91 Å². The maximum absolute atomic E-state index is 12.3. The number of nitrogens with zero attached hydrogens (tertiary/aromatic N) is 1. The van der Waals surface area contributed by atoms with Crippen LogP contribution in [0.15, 0.2) is 24.3 Å². The van der Waals surface area contributed by atoms with Gasteiger partial charge >= 0.3 is 0 Å². The molecule has 0 aromatic heterocycles. The molecule has 1 amide bonds. The summed E-state index contributed by atoms with van der Waals surface area (Å²) >= 11 is 0. The van der Waals surface area contributed by atoms with Crippen LogP contribution in [0.5, 0.6) is 5.75 Å². The van der Waals surface area contributed by atoms with E-state index in [1.165, 1.54) is 0 Å². The van der Waals surface area contributed by atoms with E-state index in [1.807, 2.05) is 45.0 Å². The molecule has 0 saturated carbocycles. The zero-order valence-electron chi connectivity index (χ0n) is 12.4. The van der Waals surface area contributed by atoms with Crippen LogP contribution in [0.3, 0.4) is 0 Å². The Hall–Kier alpha value is -1.55. The van der Waals surface area contributed by atoms with E-state index in [0.717, 1.165) is 11.3 Å². The van der Waals surface area contributed by atoms with E-state index in [-0.39, 0.29) is 17.9 Å². The first-order valence-corrected chi connectivity index (χ1v) is 6.55. The van der Waals surface area contributed by atoms with Gasteiger partial charge in [-0.25, -0.2) is 0 Å². The number of methoxy groups -OCH3 is 1. The average molecular weight is 264 g/mol. The quantitative estimate of drug-likeness (QED) is 0.887. The third-order valence-electron chi connectivity index (χ3n) is 3.52. The smallest absolute Gasteiger partial charge is 0.239 e. The Labute approximate surface area is 115 Å². The summed E-state index contributed by atoms with van der Waals surface area (Å²) in [6, 6.07) is 7.17. The van der Waals surface area contributed by atoms with Gasteiger partial charge in [0, 0.05) is 12.6 Å². The van der Waals surface area contributed by atoms with Gasteiger partial charge in [-0.15, -0.1) is 0 Å². The molecule has 1 aromatic carbocycles. The number of likely N-dealkylation sites (N-methyl/N-ethyl adjacent to an activating group) is 1. The first-order chi connectivity index (χ1) is 8.90. The third kappa shape index (κ3) is 3.47. The highest BCUT2D eigenvalue weighted by molar-refractivity contribution is 5.82. The van der Waals surface area contributed by atoms with E-state index in [4.69, 9.17) is 10.5 Å². The molecule has 2 atom stereocenters. The molecule has 0 spiro atoms. The highest BCUT2D eigenvalue weighted by Crippen LogP contribution is 2.28. The maximum atomic E-state index is 12.3. The predicted molar refractivity (Wildman–Crippen MR) is 77.0 cm³/mol. The van der Waals surface area contributed by atoms with Crippen LogP contribution < -0.4 is 10.5 Å². The number of nitrogens with two attached hydrogens (primary N) is 1. The van der Waals surface area contributed by atoms with E-state index in [0.29, 0.717) is 0 Å². The van der Waals surface area contributed by atoms with Crippen LogP contribution in [0.2, 0.25) is 0 Å². The monoisotopic (exact) mass is 264 g/mol. The predicted octanol–water partition coefficient (Wildman–Crippen LogP) is 2.20. The Kier molecular flexibility index (Phi) is 5.36. The fourth-order valence-electron chi connectivity index (χ4n) is 1.93. The summed E-state index contributed by atoms with van der Waals surface area (Å²) in [7, 11) is 3.41. The molecule has 0 aliphatic rings. The largest absolute Gasteiger partial charge is 0.496 e. The minimum Gasteiger partial charge on any atom is -0.496 e. The summed E-state index contributed by atoms with van der Waals surface area (Å²) in [5.41, 5.74) is 6.91. The molecule has 4 heteroatoms. The van der Waals surface area contributed by atoms with Gasteiger partial charge in [-0.1, -0.05) is 32.0 Å². The normalized spacial score (nSPS) is 14.1. The van der Waals surface area contributed by atoms with E-state index < -0.39 is 6.04 Å². The second kappa shape index (κ2) is 6.57. The molecule has 0 fully saturated rings. The first-order valence-electron chi connectivity index (χ1n) is 6.55. The summed E-state index contributed by atoms with van der Waals surface area (Å²) < 4.78 is 5.34. The number of hydrogen-bond acceptors (Lipinski definition) is 3. The van der Waals surface area contributed by atoms with Gasteiger partial charge in [-0.2, -0.15) is 0 Å². The van der Waals surface area contributed by atoms with E-state index in [9.17, 15) is 4.79 Å². The Bertz CT molecular complexity index is 432. The molecular formula is C15H24N2O2. The summed E-state index contributed by atoms with van der Waals surface area (Å²) in [6.45, 7) is 5.87. The number of para-hydroxylation sites is 1. The number of carbonyl (C=O) groups is 1. The number of carbonyl (C=O) groups excluding carboxylic acids is 1. The summed E-state index contributed by atoms with van der Waals surface area (Å²) in [5, 5.41) is 0. The zero-order chi connectivity index (χ0) is 14.6. The molecule has 0 aliphatic heterocycles. The second-order valence-corrected chi connectivity index (χ2v) is 5.14. The Morgan fingerprint density at radius 3 is 2.37 bits per heavy atom. The fourth-order valence-corrected chi connectivity index (χ4v) is 1.93. The molecule has 0 radical (unpaired) electrons. The maximum Gasteiger partial charge on any atom is 0.239 e. The van der Waals surface area contributed by atoms with Crippen LogP contribution in [-0.2, 0) is 4.79 Å². The molecule has 106 valence electrons. The highest BCUT2D eigenvalue weighted by atomic mass is 16.5. The molecule has 0 aliphatic carbocycles. The minimum atomic E-state index is -0.470. The van der Waals surface area contributed by atoms with E-state index >= 15 is 0 Å². The molecule has 2 N–H and O–H groups in total. The lowest BCUT2D eigenvalue weighted by Crippen LogP contribution is -2.45. The van der Waals surface area contributed by atoms with Crippen molar-refractivity contribution < 1.29 is 9.53 Å². The van der Waals surface area contributed by atoms with Gasteiger partial charge in [0.1, 0.15) is 5.75 Å². The van der Waals surface area contributed by atoms with Crippen LogP contribution in [-0.4, -0.2) is 31.0 Å². The Morgan fingerprint density at radius 1 is 1.26 bits per heavy atom. The van der Waals surface area contributed by atoms with E-state index in [2.05, 4.69) is 0 Å². The van der Waals surface area contributed by atoms with Crippen molar-refractivity contribution in [3.8, 4) is 5.75 Å². The number of amides is 1. The van der Waals surface area contributed by atoms with Crippen LogP contribution in [0, 0.1) is 5.92 Å². The van der Waals surface area contributed by atoms with Crippen LogP contribution in [0.4, 0.5) is 0 Å². The lowest BCUT2D eigenvalue weighted by molar-refractivity contribution is -0.134. The zero-order valence-corrected chi connectivity index (χ0v) is 12.4. The van der Waals surface area contributed by atoms with Crippen molar-refractivity contribution in [2.45, 2.75) is 32.9 Å². The summed E-state index contributed by atoms with van der Waals surface area (Å²) in [5.74, 6) is 0.862. The molecule has 19 heavy (non-hydrogen) atoms. The van der Waals surface area contributed by atoms with Crippen molar-refractivity contribution in [2.24, 2.45) is 11.7 Å². The molecule has 0 bridgehead atoms. The minimum absolute atomic E-state index is 0.0478. The van der Waals surface area contributed by atoms with Crippen molar-refractivity contribution in [3.63, 3.8) is 0 Å². The van der Waals surface area contributed by atoms with Gasteiger partial charge in [0.25, 0.3) is 0 Å². The van der Waals surface area contributed by atoms with Crippen LogP contribution in [0.25, 0.3) is 0 Å². The Morgan fingerprint density at radius 2 is 1.84 bits per heavy atom. The van der Waals surface area contributed by atoms with Crippen LogP contribution >= 0.6 is 0 Å². The highest BCUT2D eigenvalue weighted by Gasteiger charge is 2.26. The topological polar surface area (TPSA) is 55.6 Å². The Balaban J connectivity index is 2.93. The van der Waals surface area contributed by atoms with Crippen molar-refractivity contribution in [1.29, 1.82) is 0 Å². The third-order valence-corrected chi connectivity index (χ3v) is 3.52. The molecular weight excluding hydrogens is 240 g/mol. The molecule has 1 aromatic rings. The van der Waals surface area contributed by atoms with Crippen molar-refractivity contribution in [3.05, 3.63) is 29.8 Å². The standard InChI is InChI=1S/C15H24N2O2/c1-10(2)14(16)15(18)17(4)11(3)12-8-6-7-9-13(12)19-5/h6-11,14H,16H2,1-5H3. The van der Waals surface area contributed by atoms with Gasteiger partial charge in [0.15, 0.2) is 0 Å². The molecule has 0 heterocycles. The molecule has 2 unspecified atom stereocenters. The molecule has 1 rings (SSSR count). The lowest BCUT2D eigenvalue weighted by atomic mass is 10.0. The average Bonchev–Trinajstić information content (AvgIpc) is 2.43. The SMILES string of the molecule is COc1ccccc1C(C)N(C)C(=O)C(N)C(C)C. The number of benzene rings is 1. The van der Waals surface area contributed by atoms with Gasteiger partial charge in [0.05, 0.1) is 19.2 Å². The molecule has 4 nitrogen and oxygen atoms in total. The van der Waals surface area contributed by atoms with Crippen LogP contribution in [0.1, 0.15) is 32.4 Å².